The zero-order valence-corrected chi connectivity index (χ0v) is 17.1. The summed E-state index contributed by atoms with van der Waals surface area (Å²) in [4.78, 5) is 16.6. The molecule has 1 heterocycles. The van der Waals surface area contributed by atoms with Crippen molar-refractivity contribution in [1.82, 2.24) is 15.2 Å². The first-order valence-electron chi connectivity index (χ1n) is 7.92. The van der Waals surface area contributed by atoms with Gasteiger partial charge in [0.25, 0.3) is 0 Å². The second-order valence-electron chi connectivity index (χ2n) is 5.38. The molecule has 0 saturated carbocycles. The van der Waals surface area contributed by atoms with Crippen molar-refractivity contribution < 1.29 is 14.3 Å². The number of carbonyl (C=O) groups excluding carboxylic acids is 1. The predicted octanol–water partition coefficient (Wildman–Crippen LogP) is 3.98. The van der Waals surface area contributed by atoms with E-state index in [1.165, 1.54) is 11.8 Å². The summed E-state index contributed by atoms with van der Waals surface area (Å²) >= 11 is 4.65. The number of para-hydroxylation sites is 1. The number of carbonyl (C=O) groups is 1. The molecule has 0 saturated heterocycles. The Morgan fingerprint density at radius 1 is 1.19 bits per heavy atom. The lowest BCUT2D eigenvalue weighted by atomic mass is 10.2. The van der Waals surface area contributed by atoms with E-state index in [0.29, 0.717) is 22.5 Å². The number of H-pyrrole nitrogens is 1. The summed E-state index contributed by atoms with van der Waals surface area (Å²) in [6.45, 7) is 0. The Morgan fingerprint density at radius 3 is 2.56 bits per heavy atom. The highest BCUT2D eigenvalue weighted by molar-refractivity contribution is 9.10. The SMILES string of the molecule is COc1cc(OC)cc(-c2nc(SCC(=O)Nc3ccccc3Br)n[nH]2)c1. The van der Waals surface area contributed by atoms with Crippen molar-refractivity contribution in [1.29, 1.82) is 0 Å². The van der Waals surface area contributed by atoms with E-state index in [-0.39, 0.29) is 11.7 Å². The first-order valence-corrected chi connectivity index (χ1v) is 9.70. The third-order valence-corrected chi connectivity index (χ3v) is 5.11. The fraction of sp³-hybridized carbons (Fsp3) is 0.167. The third kappa shape index (κ3) is 5.01. The van der Waals surface area contributed by atoms with E-state index in [1.807, 2.05) is 36.4 Å². The van der Waals surface area contributed by atoms with Crippen LogP contribution < -0.4 is 14.8 Å². The second kappa shape index (κ2) is 8.92. The van der Waals surface area contributed by atoms with Crippen LogP contribution in [0.1, 0.15) is 0 Å². The molecule has 2 aromatic carbocycles. The topological polar surface area (TPSA) is 89.1 Å². The maximum absolute atomic E-state index is 12.1. The van der Waals surface area contributed by atoms with Crippen LogP contribution in [0.15, 0.2) is 52.1 Å². The maximum Gasteiger partial charge on any atom is 0.234 e. The summed E-state index contributed by atoms with van der Waals surface area (Å²) in [5, 5.41) is 10.4. The first kappa shape index (κ1) is 19.2. The number of nitrogens with one attached hydrogen (secondary N) is 2. The molecule has 0 aliphatic heterocycles. The molecule has 0 bridgehead atoms. The van der Waals surface area contributed by atoms with Gasteiger partial charge in [0.1, 0.15) is 11.5 Å². The van der Waals surface area contributed by atoms with Gasteiger partial charge >= 0.3 is 0 Å². The molecule has 3 rings (SSSR count). The predicted molar refractivity (Wildman–Crippen MR) is 108 cm³/mol. The van der Waals surface area contributed by atoms with Gasteiger partial charge in [-0.2, -0.15) is 0 Å². The van der Waals surface area contributed by atoms with Crippen LogP contribution in [0.2, 0.25) is 0 Å². The molecule has 0 spiro atoms. The van der Waals surface area contributed by atoms with Crippen LogP contribution in [0.5, 0.6) is 11.5 Å². The summed E-state index contributed by atoms with van der Waals surface area (Å²) in [6, 6.07) is 12.9. The van der Waals surface area contributed by atoms with Gasteiger partial charge in [-0.3, -0.25) is 9.89 Å². The van der Waals surface area contributed by atoms with Gasteiger partial charge in [0.05, 0.1) is 25.7 Å². The Hall–Kier alpha value is -2.52. The zero-order chi connectivity index (χ0) is 19.2. The number of aromatic nitrogens is 3. The number of hydrogen-bond donors (Lipinski definition) is 2. The van der Waals surface area contributed by atoms with Crippen LogP contribution in [0.25, 0.3) is 11.4 Å². The van der Waals surface area contributed by atoms with Gasteiger partial charge in [0.2, 0.25) is 11.1 Å². The molecule has 0 radical (unpaired) electrons. The van der Waals surface area contributed by atoms with Crippen molar-refractivity contribution in [2.75, 3.05) is 25.3 Å². The summed E-state index contributed by atoms with van der Waals surface area (Å²) in [6.07, 6.45) is 0. The summed E-state index contributed by atoms with van der Waals surface area (Å²) in [5.74, 6) is 1.94. The van der Waals surface area contributed by atoms with Crippen LogP contribution >= 0.6 is 27.7 Å². The van der Waals surface area contributed by atoms with E-state index < -0.39 is 0 Å². The number of ether oxygens (including phenoxy) is 2. The Kier molecular flexibility index (Phi) is 6.36. The smallest absolute Gasteiger partial charge is 0.234 e. The van der Waals surface area contributed by atoms with E-state index in [0.717, 1.165) is 15.7 Å². The maximum atomic E-state index is 12.1. The van der Waals surface area contributed by atoms with Crippen molar-refractivity contribution in [3.8, 4) is 22.9 Å². The summed E-state index contributed by atoms with van der Waals surface area (Å²) < 4.78 is 11.4. The number of benzene rings is 2. The monoisotopic (exact) mass is 448 g/mol. The van der Waals surface area contributed by atoms with E-state index in [1.54, 1.807) is 20.3 Å². The number of methoxy groups -OCH3 is 2. The highest BCUT2D eigenvalue weighted by Gasteiger charge is 2.12. The molecule has 0 unspecified atom stereocenters. The van der Waals surface area contributed by atoms with Crippen molar-refractivity contribution in [2.24, 2.45) is 0 Å². The van der Waals surface area contributed by atoms with Crippen molar-refractivity contribution in [2.45, 2.75) is 5.16 Å². The molecule has 140 valence electrons. The largest absolute Gasteiger partial charge is 0.497 e. The van der Waals surface area contributed by atoms with E-state index in [9.17, 15) is 4.79 Å². The number of halogens is 1. The van der Waals surface area contributed by atoms with Gasteiger partial charge in [0, 0.05) is 16.1 Å². The molecule has 1 aromatic heterocycles. The molecule has 0 aliphatic rings. The zero-order valence-electron chi connectivity index (χ0n) is 14.7. The molecule has 1 amide bonds. The van der Waals surface area contributed by atoms with Crippen LogP contribution in [0.4, 0.5) is 5.69 Å². The lowest BCUT2D eigenvalue weighted by Gasteiger charge is -2.06. The number of nitrogens with zero attached hydrogens (tertiary/aromatic N) is 2. The van der Waals surface area contributed by atoms with Crippen LogP contribution in [0, 0.1) is 0 Å². The number of anilines is 1. The van der Waals surface area contributed by atoms with Crippen molar-refractivity contribution in [3.63, 3.8) is 0 Å². The van der Waals surface area contributed by atoms with E-state index >= 15 is 0 Å². The number of rotatable bonds is 7. The minimum absolute atomic E-state index is 0.138. The first-order chi connectivity index (χ1) is 13.1. The van der Waals surface area contributed by atoms with Gasteiger partial charge in [0.15, 0.2) is 5.82 Å². The van der Waals surface area contributed by atoms with Gasteiger partial charge in [-0.05, 0) is 40.2 Å². The van der Waals surface area contributed by atoms with Gasteiger partial charge in [-0.25, -0.2) is 4.98 Å². The summed E-state index contributed by atoms with van der Waals surface area (Å²) in [7, 11) is 3.17. The molecule has 9 heteroatoms. The molecular formula is C18H17BrN4O3S. The third-order valence-electron chi connectivity index (χ3n) is 3.57. The minimum atomic E-state index is -0.138. The Morgan fingerprint density at radius 2 is 1.89 bits per heavy atom. The highest BCUT2D eigenvalue weighted by Crippen LogP contribution is 2.29. The number of hydrogen-bond acceptors (Lipinski definition) is 6. The Bertz CT molecular complexity index is 926. The van der Waals surface area contributed by atoms with E-state index in [4.69, 9.17) is 9.47 Å². The average Bonchev–Trinajstić information content (AvgIpc) is 3.17. The normalized spacial score (nSPS) is 10.5. The quantitative estimate of drug-likeness (QED) is 0.531. The molecule has 0 fully saturated rings. The highest BCUT2D eigenvalue weighted by atomic mass is 79.9. The minimum Gasteiger partial charge on any atom is -0.497 e. The van der Waals surface area contributed by atoms with Crippen LogP contribution in [0.3, 0.4) is 0 Å². The van der Waals surface area contributed by atoms with Crippen LogP contribution in [-0.4, -0.2) is 41.1 Å². The van der Waals surface area contributed by atoms with Crippen molar-refractivity contribution in [3.05, 3.63) is 46.9 Å². The average molecular weight is 449 g/mol. The number of amides is 1. The number of thioether (sulfide) groups is 1. The molecule has 0 aliphatic carbocycles. The number of aromatic amines is 1. The van der Waals surface area contributed by atoms with E-state index in [2.05, 4.69) is 36.4 Å². The molecule has 0 atom stereocenters. The molecule has 3 aromatic rings. The van der Waals surface area contributed by atoms with Gasteiger partial charge in [-0.15, -0.1) is 5.10 Å². The van der Waals surface area contributed by atoms with Gasteiger partial charge in [-0.1, -0.05) is 23.9 Å². The molecule has 7 nitrogen and oxygen atoms in total. The molecule has 27 heavy (non-hydrogen) atoms. The molecule has 2 N–H and O–H groups in total. The Balaban J connectivity index is 1.64. The fourth-order valence-corrected chi connectivity index (χ4v) is 3.25. The standard InChI is InChI=1S/C18H17BrN4O3S/c1-25-12-7-11(8-13(9-12)26-2)17-21-18(23-22-17)27-10-16(24)20-15-6-4-3-5-14(15)19/h3-9H,10H2,1-2H3,(H,20,24)(H,21,22,23). The van der Waals surface area contributed by atoms with Crippen LogP contribution in [-0.2, 0) is 4.79 Å². The summed E-state index contributed by atoms with van der Waals surface area (Å²) in [5.41, 5.74) is 1.51. The van der Waals surface area contributed by atoms with Gasteiger partial charge < -0.3 is 14.8 Å². The lowest BCUT2D eigenvalue weighted by Crippen LogP contribution is -2.14. The second-order valence-corrected chi connectivity index (χ2v) is 7.18. The lowest BCUT2D eigenvalue weighted by molar-refractivity contribution is -0.113. The fourth-order valence-electron chi connectivity index (χ4n) is 2.26. The Labute approximate surface area is 169 Å². The van der Waals surface area contributed by atoms with Crippen molar-refractivity contribution >= 4 is 39.3 Å². The molecular weight excluding hydrogens is 432 g/mol.